The van der Waals surface area contributed by atoms with E-state index in [2.05, 4.69) is 147 Å². The first-order chi connectivity index (χ1) is 22.7. The molecule has 3 heteroatoms. The summed E-state index contributed by atoms with van der Waals surface area (Å²) < 4.78 is 4.21. The van der Waals surface area contributed by atoms with Gasteiger partial charge < -0.3 is 24.8 Å². The molecule has 0 nitrogen and oxygen atoms in total. The topological polar surface area (TPSA) is 0 Å². The number of rotatable bonds is 6. The van der Waals surface area contributed by atoms with Gasteiger partial charge in [0.25, 0.3) is 0 Å². The van der Waals surface area contributed by atoms with Crippen LogP contribution in [-0.2, 0) is 16.6 Å². The number of fused-ring (bicyclic) bond motifs is 4. The van der Waals surface area contributed by atoms with E-state index in [0.29, 0.717) is 8.45 Å². The van der Waals surface area contributed by atoms with Gasteiger partial charge in [-0.2, -0.15) is 0 Å². The van der Waals surface area contributed by atoms with Crippen LogP contribution in [0.3, 0.4) is 0 Å². The van der Waals surface area contributed by atoms with E-state index in [4.69, 9.17) is 0 Å². The zero-order valence-electron chi connectivity index (χ0n) is 27.6. The van der Waals surface area contributed by atoms with Crippen LogP contribution in [0.1, 0.15) is 63.8 Å². The van der Waals surface area contributed by atoms with E-state index < -0.39 is 16.6 Å². The molecule has 0 bridgehead atoms. The van der Waals surface area contributed by atoms with Gasteiger partial charge in [0.15, 0.2) is 0 Å². The van der Waals surface area contributed by atoms with Gasteiger partial charge in [0.1, 0.15) is 0 Å². The van der Waals surface area contributed by atoms with Crippen molar-refractivity contribution in [2.45, 2.75) is 51.0 Å². The van der Waals surface area contributed by atoms with E-state index in [-0.39, 0.29) is 24.8 Å². The minimum absolute atomic E-state index is 0. The molecule has 48 heavy (non-hydrogen) atoms. The van der Waals surface area contributed by atoms with Crippen molar-refractivity contribution in [3.63, 3.8) is 0 Å². The maximum atomic E-state index is 2.64. The van der Waals surface area contributed by atoms with Crippen LogP contribution < -0.4 is 24.8 Å². The summed E-state index contributed by atoms with van der Waals surface area (Å²) in [4.78, 5) is 0. The van der Waals surface area contributed by atoms with E-state index >= 15 is 0 Å². The molecule has 0 N–H and O–H groups in total. The molecule has 0 saturated carbocycles. The van der Waals surface area contributed by atoms with Gasteiger partial charge in [-0.3, -0.25) is 0 Å². The second-order valence-corrected chi connectivity index (χ2v) is 21.0. The Morgan fingerprint density at radius 1 is 0.479 bits per heavy atom. The quantitative estimate of drug-likeness (QED) is 0.163. The molecule has 0 aromatic heterocycles. The Bertz CT molecular complexity index is 2070. The first-order valence-corrected chi connectivity index (χ1v) is 21.4. The number of allylic oxidation sites excluding steroid dienone is 2. The van der Waals surface area contributed by atoms with Gasteiger partial charge in [-0.05, 0) is 0 Å². The van der Waals surface area contributed by atoms with Crippen molar-refractivity contribution in [1.82, 2.24) is 0 Å². The predicted octanol–water partition coefficient (Wildman–Crippen LogP) is 7.13. The van der Waals surface area contributed by atoms with Crippen LogP contribution in [0.15, 0.2) is 132 Å². The van der Waals surface area contributed by atoms with Gasteiger partial charge in [0.05, 0.1) is 0 Å². The van der Waals surface area contributed by atoms with Crippen molar-refractivity contribution in [2.75, 3.05) is 0 Å². The number of hydrogen-bond donors (Lipinski definition) is 0. The molecule has 1 aliphatic heterocycles. The molecule has 0 radical (unpaired) electrons. The molecule has 3 aliphatic rings. The fraction of sp³-hybridized carbons (Fsp3) is 0.200. The summed E-state index contributed by atoms with van der Waals surface area (Å²) in [6.45, 7) is 4.82. The Labute approximate surface area is 301 Å². The van der Waals surface area contributed by atoms with E-state index in [0.717, 1.165) is 12.8 Å². The first kappa shape index (κ1) is 33.1. The van der Waals surface area contributed by atoms with Gasteiger partial charge in [-0.1, -0.05) is 0 Å². The van der Waals surface area contributed by atoms with Crippen LogP contribution in [0, 0.1) is 0 Å². The van der Waals surface area contributed by atoms with Gasteiger partial charge in [-0.25, -0.2) is 0 Å². The summed E-state index contributed by atoms with van der Waals surface area (Å²) >= 11 is -2.55. The average Bonchev–Trinajstić information content (AvgIpc) is 3.67. The standard InChI is InChI=1S/2C21H17.C3H6.2ClH.Ti/c2*1-2-15-13-17-9-6-12-20(21(17)14-15)19-11-5-8-16-7-3-4-10-18(16)19;1-3-2;;;/h2*3-14H,2H2,1H3;1-3H2;2*1H;/q;;;;;+2/p-2. The van der Waals surface area contributed by atoms with Crippen molar-refractivity contribution in [2.24, 2.45) is 0 Å². The summed E-state index contributed by atoms with van der Waals surface area (Å²) in [6.07, 6.45) is 8.96. The van der Waals surface area contributed by atoms with Crippen molar-refractivity contribution >= 4 is 33.7 Å². The Morgan fingerprint density at radius 2 is 0.875 bits per heavy atom. The SMILES string of the molecule is CCC1=Cc2c(-c3cccc4ccccc34)cccc2[CH]1[Ti+2]1([CH]2C(CC)=Cc3c(-c4cccc5ccccc45)cccc32)[CH2]C[CH2]1.[Cl-].[Cl-]. The minimum atomic E-state index is -2.55. The van der Waals surface area contributed by atoms with Crippen LogP contribution in [-0.4, -0.2) is 0 Å². The molecular formula is C45H40Cl2Ti. The van der Waals surface area contributed by atoms with Crippen molar-refractivity contribution < 1.29 is 41.4 Å². The molecule has 1 saturated heterocycles. The molecule has 0 amide bonds. The second kappa shape index (κ2) is 13.1. The molecule has 238 valence electrons. The molecule has 1 heterocycles. The molecule has 9 rings (SSSR count). The van der Waals surface area contributed by atoms with Crippen LogP contribution in [0.25, 0.3) is 56.0 Å². The van der Waals surface area contributed by atoms with E-state index in [9.17, 15) is 0 Å². The maximum absolute atomic E-state index is 2.64. The van der Waals surface area contributed by atoms with Crippen LogP contribution in [0.2, 0.25) is 9.45 Å². The van der Waals surface area contributed by atoms with Crippen molar-refractivity contribution in [3.05, 3.63) is 155 Å². The Kier molecular flexibility index (Phi) is 9.07. The molecule has 1 fully saturated rings. The Hall–Kier alpha value is -3.39. The van der Waals surface area contributed by atoms with Crippen LogP contribution in [0.4, 0.5) is 0 Å². The third kappa shape index (κ3) is 4.91. The average molecular weight is 700 g/mol. The van der Waals surface area contributed by atoms with Gasteiger partial charge in [0, 0.05) is 0 Å². The summed E-state index contributed by atoms with van der Waals surface area (Å²) in [6, 6.07) is 45.9. The van der Waals surface area contributed by atoms with Gasteiger partial charge in [0.2, 0.25) is 0 Å². The van der Waals surface area contributed by atoms with E-state index in [1.54, 1.807) is 22.3 Å². The maximum Gasteiger partial charge on any atom is -1.00 e. The van der Waals surface area contributed by atoms with Gasteiger partial charge in [-0.15, -0.1) is 0 Å². The van der Waals surface area contributed by atoms with E-state index in [1.807, 2.05) is 0 Å². The molecule has 0 spiro atoms. The summed E-state index contributed by atoms with van der Waals surface area (Å²) in [5, 5.41) is 5.36. The zero-order chi connectivity index (χ0) is 30.8. The summed E-state index contributed by atoms with van der Waals surface area (Å²) in [7, 11) is 0. The molecule has 2 aliphatic carbocycles. The largest absolute Gasteiger partial charge is 1.00 e. The monoisotopic (exact) mass is 698 g/mol. The third-order valence-corrected chi connectivity index (χ3v) is 21.4. The molecule has 2 atom stereocenters. The smallest absolute Gasteiger partial charge is 1.00 e. The number of hydrogen-bond acceptors (Lipinski definition) is 0. The van der Waals surface area contributed by atoms with Crippen molar-refractivity contribution in [3.8, 4) is 22.3 Å². The predicted molar refractivity (Wildman–Crippen MR) is 195 cm³/mol. The summed E-state index contributed by atoms with van der Waals surface area (Å²) in [5.41, 5.74) is 15.3. The Morgan fingerprint density at radius 3 is 1.29 bits per heavy atom. The van der Waals surface area contributed by atoms with E-state index in [1.165, 1.54) is 70.8 Å². The normalized spacial score (nSPS) is 18.0. The summed E-state index contributed by atoms with van der Waals surface area (Å²) in [5.74, 6) is 0. The fourth-order valence-electron chi connectivity index (χ4n) is 9.62. The van der Waals surface area contributed by atoms with Crippen molar-refractivity contribution in [1.29, 1.82) is 0 Å². The number of benzene rings is 6. The molecule has 2 unspecified atom stereocenters. The Balaban J connectivity index is 0.00000182. The fourth-order valence-corrected chi connectivity index (χ4v) is 19.7. The molecule has 6 aromatic rings. The molecular weight excluding hydrogens is 659 g/mol. The first-order valence-electron chi connectivity index (χ1n) is 17.3. The molecule has 6 aromatic carbocycles. The second-order valence-electron chi connectivity index (χ2n) is 13.8. The van der Waals surface area contributed by atoms with Crippen LogP contribution >= 0.6 is 0 Å². The zero-order valence-corrected chi connectivity index (χ0v) is 30.7. The third-order valence-electron chi connectivity index (χ3n) is 11.7. The minimum Gasteiger partial charge on any atom is -1.00 e. The number of halogens is 2. The van der Waals surface area contributed by atoms with Gasteiger partial charge >= 0.3 is 278 Å². The van der Waals surface area contributed by atoms with Crippen LogP contribution in [0.5, 0.6) is 0 Å².